The average Bonchev–Trinajstić information content (AvgIpc) is 2.16. The Hall–Kier alpha value is -0.760. The van der Waals surface area contributed by atoms with Crippen molar-refractivity contribution in [1.82, 2.24) is 10.2 Å². The zero-order chi connectivity index (χ0) is 10.1. The Balaban J connectivity index is 3.90. The zero-order valence-electron chi connectivity index (χ0n) is 9.09. The Kier molecular flexibility index (Phi) is 7.41. The average molecular weight is 182 g/mol. The van der Waals surface area contributed by atoms with Crippen LogP contribution in [0, 0.1) is 0 Å². The number of nitrogens with one attached hydrogen (secondary N) is 1. The fourth-order valence-corrected chi connectivity index (χ4v) is 1.33. The van der Waals surface area contributed by atoms with E-state index in [1.807, 2.05) is 13.1 Å². The fraction of sp³-hybridized carbons (Fsp3) is 0.636. The smallest absolute Gasteiger partial charge is 0.0290 e. The maximum absolute atomic E-state index is 3.65. The van der Waals surface area contributed by atoms with E-state index in [2.05, 4.69) is 37.0 Å². The van der Waals surface area contributed by atoms with Crippen molar-refractivity contribution in [1.29, 1.82) is 0 Å². The predicted molar refractivity (Wildman–Crippen MR) is 59.7 cm³/mol. The van der Waals surface area contributed by atoms with Gasteiger partial charge in [-0.05, 0) is 38.7 Å². The first-order valence-corrected chi connectivity index (χ1v) is 4.92. The summed E-state index contributed by atoms with van der Waals surface area (Å²) in [5.74, 6) is 0. The van der Waals surface area contributed by atoms with Gasteiger partial charge in [0.05, 0.1) is 0 Å². The van der Waals surface area contributed by atoms with Crippen molar-refractivity contribution in [3.8, 4) is 0 Å². The third kappa shape index (κ3) is 5.47. The molecule has 0 saturated carbocycles. The molecule has 13 heavy (non-hydrogen) atoms. The highest BCUT2D eigenvalue weighted by Gasteiger charge is 2.07. The minimum Gasteiger partial charge on any atom is -0.377 e. The normalized spacial score (nSPS) is 13.2. The molecule has 0 aromatic carbocycles. The molecule has 0 aliphatic rings. The van der Waals surface area contributed by atoms with Crippen LogP contribution in [0.5, 0.6) is 0 Å². The maximum Gasteiger partial charge on any atom is 0.0290 e. The van der Waals surface area contributed by atoms with E-state index in [9.17, 15) is 0 Å². The summed E-state index contributed by atoms with van der Waals surface area (Å²) >= 11 is 0. The van der Waals surface area contributed by atoms with Gasteiger partial charge in [-0.3, -0.25) is 0 Å². The van der Waals surface area contributed by atoms with Crippen LogP contribution in [0.25, 0.3) is 0 Å². The molecule has 0 bridgehead atoms. The largest absolute Gasteiger partial charge is 0.377 e. The zero-order valence-corrected chi connectivity index (χ0v) is 9.09. The summed E-state index contributed by atoms with van der Waals surface area (Å²) in [5.41, 5.74) is 0. The molecule has 76 valence electrons. The molecule has 0 rings (SSSR count). The van der Waals surface area contributed by atoms with E-state index in [-0.39, 0.29) is 0 Å². The van der Waals surface area contributed by atoms with Crippen LogP contribution in [0.3, 0.4) is 0 Å². The van der Waals surface area contributed by atoms with Crippen LogP contribution in [0.15, 0.2) is 24.9 Å². The Bertz CT molecular complexity index is 152. The van der Waals surface area contributed by atoms with Crippen molar-refractivity contribution in [2.45, 2.75) is 25.8 Å². The summed E-state index contributed by atoms with van der Waals surface area (Å²) in [6.07, 6.45) is 8.23. The van der Waals surface area contributed by atoms with Gasteiger partial charge in [0.2, 0.25) is 0 Å². The number of nitrogens with zero attached hydrogens (tertiary/aromatic N) is 1. The first kappa shape index (κ1) is 12.2. The molecule has 0 radical (unpaired) electrons. The van der Waals surface area contributed by atoms with E-state index in [0.29, 0.717) is 6.04 Å². The summed E-state index contributed by atoms with van der Waals surface area (Å²) in [7, 11) is 4.11. The predicted octanol–water partition coefficient (Wildman–Crippen LogP) is 2.01. The molecule has 0 heterocycles. The van der Waals surface area contributed by atoms with Gasteiger partial charge in [0, 0.05) is 13.1 Å². The Morgan fingerprint density at radius 2 is 2.23 bits per heavy atom. The molecule has 0 aromatic rings. The van der Waals surface area contributed by atoms with Gasteiger partial charge in [0.1, 0.15) is 0 Å². The van der Waals surface area contributed by atoms with Crippen LogP contribution in [0.1, 0.15) is 19.8 Å². The molecule has 0 spiro atoms. The number of hydrogen-bond donors (Lipinski definition) is 1. The lowest BCUT2D eigenvalue weighted by atomic mass is 10.1. The summed E-state index contributed by atoms with van der Waals surface area (Å²) in [6, 6.07) is 0.628. The fourth-order valence-electron chi connectivity index (χ4n) is 1.33. The lowest BCUT2D eigenvalue weighted by molar-refractivity contribution is 0.302. The third-order valence-corrected chi connectivity index (χ3v) is 2.23. The summed E-state index contributed by atoms with van der Waals surface area (Å²) in [4.78, 5) is 2.25. The first-order chi connectivity index (χ1) is 6.26. The molecule has 0 amide bonds. The highest BCUT2D eigenvalue weighted by Crippen LogP contribution is 2.06. The Morgan fingerprint density at radius 1 is 1.54 bits per heavy atom. The first-order valence-electron chi connectivity index (χ1n) is 4.92. The lowest BCUT2D eigenvalue weighted by Crippen LogP contribution is -2.29. The molecule has 0 saturated heterocycles. The number of hydrogen-bond acceptors (Lipinski definition) is 2. The second kappa shape index (κ2) is 7.87. The lowest BCUT2D eigenvalue weighted by Gasteiger charge is -2.25. The van der Waals surface area contributed by atoms with Crippen molar-refractivity contribution in [3.63, 3.8) is 0 Å². The molecule has 1 N–H and O–H groups in total. The van der Waals surface area contributed by atoms with Gasteiger partial charge >= 0.3 is 0 Å². The third-order valence-electron chi connectivity index (χ3n) is 2.23. The summed E-state index contributed by atoms with van der Waals surface area (Å²) in [6.45, 7) is 6.95. The topological polar surface area (TPSA) is 15.3 Å². The molecule has 0 fully saturated rings. The standard InChI is InChI=1S/C11H22N2/c1-5-7-10-13(4)11(6-2)8-9-12-3/h5,7,10-12H,1,6,8-9H2,2-4H3/b10-7-. The van der Waals surface area contributed by atoms with E-state index in [0.717, 1.165) is 6.54 Å². The molecule has 0 aromatic heterocycles. The van der Waals surface area contributed by atoms with Crippen molar-refractivity contribution >= 4 is 0 Å². The molecule has 1 unspecified atom stereocenters. The van der Waals surface area contributed by atoms with Crippen LogP contribution in [-0.2, 0) is 0 Å². The highest BCUT2D eigenvalue weighted by atomic mass is 15.1. The van der Waals surface area contributed by atoms with Crippen LogP contribution in [0.4, 0.5) is 0 Å². The molecule has 2 nitrogen and oxygen atoms in total. The van der Waals surface area contributed by atoms with E-state index >= 15 is 0 Å². The van der Waals surface area contributed by atoms with Crippen LogP contribution >= 0.6 is 0 Å². The minimum atomic E-state index is 0.628. The molecule has 0 aliphatic heterocycles. The van der Waals surface area contributed by atoms with Gasteiger partial charge in [-0.2, -0.15) is 0 Å². The minimum absolute atomic E-state index is 0.628. The van der Waals surface area contributed by atoms with Gasteiger partial charge in [-0.1, -0.05) is 19.6 Å². The van der Waals surface area contributed by atoms with E-state index < -0.39 is 0 Å². The molecule has 2 heteroatoms. The van der Waals surface area contributed by atoms with Crippen LogP contribution in [0.2, 0.25) is 0 Å². The Morgan fingerprint density at radius 3 is 2.69 bits per heavy atom. The summed E-state index contributed by atoms with van der Waals surface area (Å²) in [5, 5.41) is 3.17. The monoisotopic (exact) mass is 182 g/mol. The van der Waals surface area contributed by atoms with Crippen molar-refractivity contribution < 1.29 is 0 Å². The summed E-state index contributed by atoms with van der Waals surface area (Å²) < 4.78 is 0. The van der Waals surface area contributed by atoms with Crippen LogP contribution < -0.4 is 5.32 Å². The maximum atomic E-state index is 3.65. The van der Waals surface area contributed by atoms with Gasteiger partial charge in [0.15, 0.2) is 0 Å². The van der Waals surface area contributed by atoms with E-state index in [1.165, 1.54) is 12.8 Å². The van der Waals surface area contributed by atoms with Gasteiger partial charge in [-0.15, -0.1) is 0 Å². The Labute approximate surface area is 82.3 Å². The van der Waals surface area contributed by atoms with Gasteiger partial charge in [-0.25, -0.2) is 0 Å². The van der Waals surface area contributed by atoms with Gasteiger partial charge in [0.25, 0.3) is 0 Å². The second-order valence-electron chi connectivity index (χ2n) is 3.20. The molecule has 1 atom stereocenters. The van der Waals surface area contributed by atoms with Crippen molar-refractivity contribution in [2.75, 3.05) is 20.6 Å². The van der Waals surface area contributed by atoms with Crippen LogP contribution in [-0.4, -0.2) is 31.6 Å². The number of allylic oxidation sites excluding steroid dienone is 2. The molecular weight excluding hydrogens is 160 g/mol. The quantitative estimate of drug-likeness (QED) is 0.606. The van der Waals surface area contributed by atoms with Crippen molar-refractivity contribution in [3.05, 3.63) is 24.9 Å². The van der Waals surface area contributed by atoms with E-state index in [4.69, 9.17) is 0 Å². The second-order valence-corrected chi connectivity index (χ2v) is 3.20. The highest BCUT2D eigenvalue weighted by molar-refractivity contribution is 4.97. The number of rotatable bonds is 7. The molecule has 0 aliphatic carbocycles. The van der Waals surface area contributed by atoms with Crippen molar-refractivity contribution in [2.24, 2.45) is 0 Å². The molecular formula is C11H22N2. The van der Waals surface area contributed by atoms with Gasteiger partial charge < -0.3 is 10.2 Å². The SMILES string of the molecule is C=C/C=C\N(C)C(CC)CCNC. The van der Waals surface area contributed by atoms with E-state index in [1.54, 1.807) is 6.08 Å².